The molecule has 19 heavy (non-hydrogen) atoms. The molecule has 5 unspecified atom stereocenters. The predicted octanol–water partition coefficient (Wildman–Crippen LogP) is 0.396. The summed E-state index contributed by atoms with van der Waals surface area (Å²) in [5, 5.41) is 21.7. The topological polar surface area (TPSA) is 86.6 Å². The molecule has 5 heteroatoms. The highest BCUT2D eigenvalue weighted by Gasteiger charge is 2.51. The van der Waals surface area contributed by atoms with Crippen LogP contribution < -0.4 is 5.32 Å². The van der Waals surface area contributed by atoms with Crippen molar-refractivity contribution < 1.29 is 19.8 Å². The molecule has 0 saturated heterocycles. The molecule has 0 heterocycles. The van der Waals surface area contributed by atoms with Crippen molar-refractivity contribution in [2.75, 3.05) is 6.54 Å². The maximum atomic E-state index is 12.2. The number of carbonyl (C=O) groups is 2. The van der Waals surface area contributed by atoms with E-state index in [-0.39, 0.29) is 24.3 Å². The van der Waals surface area contributed by atoms with Crippen molar-refractivity contribution in [2.24, 2.45) is 29.6 Å². The number of fused-ring (bicyclic) bond motifs is 2. The van der Waals surface area contributed by atoms with Crippen LogP contribution in [-0.2, 0) is 9.59 Å². The number of carboxylic acids is 1. The molecule has 1 amide bonds. The number of carbonyl (C=O) groups excluding carboxylic acids is 1. The number of hydrogen-bond donors (Lipinski definition) is 3. The van der Waals surface area contributed by atoms with Gasteiger partial charge in [0.15, 0.2) is 0 Å². The molecule has 0 aromatic rings. The van der Waals surface area contributed by atoms with E-state index in [0.29, 0.717) is 5.92 Å². The van der Waals surface area contributed by atoms with Gasteiger partial charge in [0.05, 0.1) is 17.9 Å². The zero-order valence-corrected chi connectivity index (χ0v) is 10.7. The third-order valence-corrected chi connectivity index (χ3v) is 4.70. The lowest BCUT2D eigenvalue weighted by Crippen LogP contribution is -2.43. The number of amides is 1. The van der Waals surface area contributed by atoms with Gasteiger partial charge in [-0.2, -0.15) is 0 Å². The highest BCUT2D eigenvalue weighted by Crippen LogP contribution is 2.48. The van der Waals surface area contributed by atoms with Gasteiger partial charge in [0.1, 0.15) is 0 Å². The van der Waals surface area contributed by atoms with Crippen LogP contribution in [0.2, 0.25) is 0 Å². The van der Waals surface area contributed by atoms with Crippen LogP contribution in [0.5, 0.6) is 0 Å². The number of aliphatic hydroxyl groups excluding tert-OH is 1. The highest BCUT2D eigenvalue weighted by atomic mass is 16.4. The molecule has 0 radical (unpaired) electrons. The fraction of sp³-hybridized carbons (Fsp3) is 0.714. The van der Waals surface area contributed by atoms with E-state index < -0.39 is 23.9 Å². The van der Waals surface area contributed by atoms with Crippen LogP contribution >= 0.6 is 0 Å². The number of carboxylic acid groups (broad SMARTS) is 1. The second-order valence-electron chi connectivity index (χ2n) is 5.99. The van der Waals surface area contributed by atoms with Gasteiger partial charge in [-0.05, 0) is 37.0 Å². The predicted molar refractivity (Wildman–Crippen MR) is 67.1 cm³/mol. The number of allylic oxidation sites excluding steroid dienone is 2. The summed E-state index contributed by atoms with van der Waals surface area (Å²) in [6, 6.07) is 0. The first-order valence-corrected chi connectivity index (χ1v) is 6.95. The first kappa shape index (κ1) is 12.7. The van der Waals surface area contributed by atoms with Gasteiger partial charge in [-0.25, -0.2) is 0 Å². The molecule has 104 valence electrons. The monoisotopic (exact) mass is 265 g/mol. The van der Waals surface area contributed by atoms with Crippen molar-refractivity contribution >= 4 is 11.9 Å². The van der Waals surface area contributed by atoms with Gasteiger partial charge in [-0.15, -0.1) is 0 Å². The van der Waals surface area contributed by atoms with Gasteiger partial charge < -0.3 is 15.5 Å². The van der Waals surface area contributed by atoms with Crippen LogP contribution in [0, 0.1) is 29.6 Å². The van der Waals surface area contributed by atoms with E-state index >= 15 is 0 Å². The quantitative estimate of drug-likeness (QED) is 0.628. The van der Waals surface area contributed by atoms with E-state index in [0.717, 1.165) is 19.3 Å². The summed E-state index contributed by atoms with van der Waals surface area (Å²) in [5.41, 5.74) is 0. The molecule has 0 spiro atoms. The minimum absolute atomic E-state index is 0.00777. The Labute approximate surface area is 111 Å². The largest absolute Gasteiger partial charge is 0.481 e. The molecule has 3 N–H and O–H groups in total. The Morgan fingerprint density at radius 1 is 1.21 bits per heavy atom. The van der Waals surface area contributed by atoms with Crippen molar-refractivity contribution in [1.82, 2.24) is 5.32 Å². The zero-order chi connectivity index (χ0) is 13.6. The van der Waals surface area contributed by atoms with Crippen LogP contribution in [-0.4, -0.2) is 34.7 Å². The SMILES string of the molecule is O=C(O)C1C2C=CC(C2)C1C(=O)NCC(O)C1CC1. The molecule has 2 fully saturated rings. The lowest BCUT2D eigenvalue weighted by atomic mass is 9.82. The third kappa shape index (κ3) is 2.27. The second-order valence-corrected chi connectivity index (χ2v) is 5.99. The molecule has 3 aliphatic rings. The van der Waals surface area contributed by atoms with Crippen LogP contribution in [0.25, 0.3) is 0 Å². The molecular formula is C14H19NO4. The molecule has 0 aromatic heterocycles. The third-order valence-electron chi connectivity index (χ3n) is 4.70. The minimum atomic E-state index is -0.889. The van der Waals surface area contributed by atoms with E-state index in [1.165, 1.54) is 0 Å². The van der Waals surface area contributed by atoms with Gasteiger partial charge in [-0.3, -0.25) is 9.59 Å². The number of aliphatic carboxylic acids is 1. The second kappa shape index (κ2) is 4.63. The van der Waals surface area contributed by atoms with E-state index in [9.17, 15) is 19.8 Å². The number of rotatable bonds is 5. The highest BCUT2D eigenvalue weighted by molar-refractivity contribution is 5.86. The standard InChI is InChI=1S/C14H19NO4/c16-10(7-1-2-7)6-15-13(17)11-8-3-4-9(5-8)12(11)14(18)19/h3-4,7-12,16H,1-2,5-6H2,(H,15,17)(H,18,19). The Morgan fingerprint density at radius 3 is 2.42 bits per heavy atom. The summed E-state index contributed by atoms with van der Waals surface area (Å²) in [6.45, 7) is 0.243. The van der Waals surface area contributed by atoms with E-state index in [1.807, 2.05) is 12.2 Å². The molecule has 0 aromatic carbocycles. The average molecular weight is 265 g/mol. The Hall–Kier alpha value is -1.36. The lowest BCUT2D eigenvalue weighted by molar-refractivity contribution is -0.147. The summed E-state index contributed by atoms with van der Waals surface area (Å²) in [6.07, 6.45) is 6.21. The van der Waals surface area contributed by atoms with Crippen LogP contribution in [0.15, 0.2) is 12.2 Å². The van der Waals surface area contributed by atoms with Crippen LogP contribution in [0.4, 0.5) is 0 Å². The van der Waals surface area contributed by atoms with Gasteiger partial charge in [-0.1, -0.05) is 12.2 Å². The van der Waals surface area contributed by atoms with E-state index in [1.54, 1.807) is 0 Å². The molecule has 5 nitrogen and oxygen atoms in total. The molecule has 2 bridgehead atoms. The smallest absolute Gasteiger partial charge is 0.307 e. The molecule has 0 aliphatic heterocycles. The van der Waals surface area contributed by atoms with E-state index in [4.69, 9.17) is 0 Å². The minimum Gasteiger partial charge on any atom is -0.481 e. The normalized spacial score (nSPS) is 37.3. The van der Waals surface area contributed by atoms with Crippen LogP contribution in [0.3, 0.4) is 0 Å². The summed E-state index contributed by atoms with van der Waals surface area (Å²) in [4.78, 5) is 23.5. The molecular weight excluding hydrogens is 246 g/mol. The summed E-state index contributed by atoms with van der Waals surface area (Å²) >= 11 is 0. The Balaban J connectivity index is 1.61. The summed E-state index contributed by atoms with van der Waals surface area (Å²) < 4.78 is 0. The van der Waals surface area contributed by atoms with Crippen LogP contribution in [0.1, 0.15) is 19.3 Å². The number of nitrogens with one attached hydrogen (secondary N) is 1. The van der Waals surface area contributed by atoms with Crippen molar-refractivity contribution in [1.29, 1.82) is 0 Å². The molecule has 2 saturated carbocycles. The first-order chi connectivity index (χ1) is 9.08. The van der Waals surface area contributed by atoms with Crippen molar-refractivity contribution in [3.05, 3.63) is 12.2 Å². The summed E-state index contributed by atoms with van der Waals surface area (Å²) in [5.74, 6) is -1.83. The Morgan fingerprint density at radius 2 is 1.84 bits per heavy atom. The summed E-state index contributed by atoms with van der Waals surface area (Å²) in [7, 11) is 0. The Kier molecular flexibility index (Phi) is 3.09. The fourth-order valence-electron chi connectivity index (χ4n) is 3.49. The van der Waals surface area contributed by atoms with Gasteiger partial charge in [0.2, 0.25) is 5.91 Å². The average Bonchev–Trinajstić information content (AvgIpc) is 3.04. The zero-order valence-electron chi connectivity index (χ0n) is 10.7. The van der Waals surface area contributed by atoms with Crippen molar-refractivity contribution in [2.45, 2.75) is 25.4 Å². The van der Waals surface area contributed by atoms with E-state index in [2.05, 4.69) is 5.32 Å². The first-order valence-electron chi connectivity index (χ1n) is 6.95. The maximum absolute atomic E-state index is 12.2. The lowest BCUT2D eigenvalue weighted by Gasteiger charge is -2.24. The fourth-order valence-corrected chi connectivity index (χ4v) is 3.49. The van der Waals surface area contributed by atoms with Crippen molar-refractivity contribution in [3.8, 4) is 0 Å². The Bertz CT molecular complexity index is 429. The maximum Gasteiger partial charge on any atom is 0.307 e. The molecule has 3 aliphatic carbocycles. The molecule has 5 atom stereocenters. The van der Waals surface area contributed by atoms with Gasteiger partial charge in [0, 0.05) is 6.54 Å². The molecule has 3 rings (SSSR count). The van der Waals surface area contributed by atoms with Gasteiger partial charge >= 0.3 is 5.97 Å². The number of hydrogen-bond acceptors (Lipinski definition) is 3. The van der Waals surface area contributed by atoms with Crippen molar-refractivity contribution in [3.63, 3.8) is 0 Å². The number of aliphatic hydroxyl groups is 1. The van der Waals surface area contributed by atoms with Gasteiger partial charge in [0.25, 0.3) is 0 Å².